The number of hydrogen-bond donors (Lipinski definition) is 1. The Kier molecular flexibility index (Phi) is 6.79. The zero-order valence-electron chi connectivity index (χ0n) is 15.2. The van der Waals surface area contributed by atoms with E-state index in [4.69, 9.17) is 9.47 Å². The molecule has 5 nitrogen and oxygen atoms in total. The molecule has 27 heavy (non-hydrogen) atoms. The molecule has 0 saturated heterocycles. The van der Waals surface area contributed by atoms with E-state index in [1.807, 2.05) is 13.8 Å². The second kappa shape index (κ2) is 8.85. The van der Waals surface area contributed by atoms with Gasteiger partial charge in [0.1, 0.15) is 11.9 Å². The Bertz CT molecular complexity index is 779. The summed E-state index contributed by atoms with van der Waals surface area (Å²) in [5.74, 6) is -0.181. The summed E-state index contributed by atoms with van der Waals surface area (Å²) < 4.78 is 49.4. The molecule has 0 fully saturated rings. The maximum absolute atomic E-state index is 12.8. The Morgan fingerprint density at radius 1 is 1.19 bits per heavy atom. The molecule has 1 unspecified atom stereocenters. The molecule has 0 spiro atoms. The van der Waals surface area contributed by atoms with Gasteiger partial charge in [0.25, 0.3) is 0 Å². The molecular formula is C19H21F3N2O3. The van der Waals surface area contributed by atoms with E-state index in [1.54, 1.807) is 19.1 Å². The van der Waals surface area contributed by atoms with Crippen LogP contribution in [-0.2, 0) is 22.3 Å². The second-order valence-electron chi connectivity index (χ2n) is 6.14. The van der Waals surface area contributed by atoms with Gasteiger partial charge in [0.2, 0.25) is 11.8 Å². The Morgan fingerprint density at radius 3 is 2.59 bits per heavy atom. The van der Waals surface area contributed by atoms with E-state index in [-0.39, 0.29) is 30.2 Å². The fraction of sp³-hybridized carbons (Fsp3) is 0.368. The summed E-state index contributed by atoms with van der Waals surface area (Å²) in [4.78, 5) is 16.1. The third kappa shape index (κ3) is 6.25. The molecule has 0 aliphatic heterocycles. The van der Waals surface area contributed by atoms with Crippen molar-refractivity contribution in [1.29, 1.82) is 0 Å². The maximum Gasteiger partial charge on any atom is 0.416 e. The van der Waals surface area contributed by atoms with Gasteiger partial charge < -0.3 is 14.8 Å². The van der Waals surface area contributed by atoms with E-state index in [0.717, 1.165) is 12.1 Å². The first-order valence-corrected chi connectivity index (χ1v) is 8.39. The summed E-state index contributed by atoms with van der Waals surface area (Å²) in [6.07, 6.45) is -3.73. The SMILES string of the molecule is CC(C)OC(C)C(=O)NCc1cccnc1Oc1cccc(C(F)(F)F)c1. The van der Waals surface area contributed by atoms with Gasteiger partial charge >= 0.3 is 6.18 Å². The summed E-state index contributed by atoms with van der Waals surface area (Å²) in [7, 11) is 0. The van der Waals surface area contributed by atoms with Crippen molar-refractivity contribution in [2.75, 3.05) is 0 Å². The van der Waals surface area contributed by atoms with Crippen LogP contribution in [0.15, 0.2) is 42.6 Å². The molecule has 2 rings (SSSR count). The molecule has 0 radical (unpaired) electrons. The number of benzene rings is 1. The number of nitrogens with one attached hydrogen (secondary N) is 1. The van der Waals surface area contributed by atoms with Crippen molar-refractivity contribution >= 4 is 5.91 Å². The average molecular weight is 382 g/mol. The topological polar surface area (TPSA) is 60.5 Å². The van der Waals surface area contributed by atoms with Crippen molar-refractivity contribution in [2.24, 2.45) is 0 Å². The average Bonchev–Trinajstić information content (AvgIpc) is 2.59. The van der Waals surface area contributed by atoms with Gasteiger partial charge in [0.05, 0.1) is 11.7 Å². The van der Waals surface area contributed by atoms with Crippen molar-refractivity contribution in [3.63, 3.8) is 0 Å². The Balaban J connectivity index is 2.09. The van der Waals surface area contributed by atoms with Crippen molar-refractivity contribution in [3.8, 4) is 11.6 Å². The largest absolute Gasteiger partial charge is 0.439 e. The molecule has 1 amide bonds. The van der Waals surface area contributed by atoms with Gasteiger partial charge in [0.15, 0.2) is 0 Å². The number of amides is 1. The fourth-order valence-electron chi connectivity index (χ4n) is 2.29. The molecule has 0 aliphatic carbocycles. The summed E-state index contributed by atoms with van der Waals surface area (Å²) in [5.41, 5.74) is -0.287. The van der Waals surface area contributed by atoms with Crippen LogP contribution >= 0.6 is 0 Å². The fourth-order valence-corrected chi connectivity index (χ4v) is 2.29. The molecule has 2 aromatic rings. The molecule has 0 saturated carbocycles. The van der Waals surface area contributed by atoms with E-state index in [2.05, 4.69) is 10.3 Å². The van der Waals surface area contributed by atoms with Crippen LogP contribution < -0.4 is 10.1 Å². The summed E-state index contributed by atoms with van der Waals surface area (Å²) in [6, 6.07) is 7.84. The van der Waals surface area contributed by atoms with Gasteiger partial charge in [-0.05, 0) is 45.0 Å². The highest BCUT2D eigenvalue weighted by molar-refractivity contribution is 5.80. The first-order valence-electron chi connectivity index (χ1n) is 8.39. The van der Waals surface area contributed by atoms with Gasteiger partial charge in [-0.3, -0.25) is 4.79 Å². The molecule has 1 aromatic heterocycles. The maximum atomic E-state index is 12.8. The summed E-state index contributed by atoms with van der Waals surface area (Å²) in [6.45, 7) is 5.39. The van der Waals surface area contributed by atoms with Crippen LogP contribution in [0.4, 0.5) is 13.2 Å². The van der Waals surface area contributed by atoms with Gasteiger partial charge in [-0.15, -0.1) is 0 Å². The summed E-state index contributed by atoms with van der Waals surface area (Å²) >= 11 is 0. The number of nitrogens with zero attached hydrogens (tertiary/aromatic N) is 1. The van der Waals surface area contributed by atoms with Gasteiger partial charge in [-0.1, -0.05) is 12.1 Å². The molecule has 0 bridgehead atoms. The highest BCUT2D eigenvalue weighted by Crippen LogP contribution is 2.32. The molecule has 1 aromatic carbocycles. The lowest BCUT2D eigenvalue weighted by molar-refractivity contribution is -0.137. The minimum Gasteiger partial charge on any atom is -0.439 e. The molecule has 1 heterocycles. The quantitative estimate of drug-likeness (QED) is 0.775. The Hall–Kier alpha value is -2.61. The predicted molar refractivity (Wildman–Crippen MR) is 93.3 cm³/mol. The highest BCUT2D eigenvalue weighted by Gasteiger charge is 2.30. The van der Waals surface area contributed by atoms with E-state index in [9.17, 15) is 18.0 Å². The van der Waals surface area contributed by atoms with Crippen molar-refractivity contribution < 1.29 is 27.4 Å². The van der Waals surface area contributed by atoms with E-state index in [0.29, 0.717) is 5.56 Å². The molecule has 1 N–H and O–H groups in total. The monoisotopic (exact) mass is 382 g/mol. The van der Waals surface area contributed by atoms with E-state index < -0.39 is 17.8 Å². The number of halogens is 3. The zero-order valence-corrected chi connectivity index (χ0v) is 15.2. The smallest absolute Gasteiger partial charge is 0.416 e. The van der Waals surface area contributed by atoms with Gasteiger partial charge in [-0.2, -0.15) is 13.2 Å². The third-order valence-electron chi connectivity index (χ3n) is 3.52. The minimum absolute atomic E-state index is 0.00705. The number of carbonyl (C=O) groups excluding carboxylic acids is 1. The number of rotatable bonds is 7. The first-order chi connectivity index (χ1) is 12.7. The first kappa shape index (κ1) is 20.7. The van der Waals surface area contributed by atoms with Crippen molar-refractivity contribution in [3.05, 3.63) is 53.7 Å². The molecule has 0 aliphatic rings. The van der Waals surface area contributed by atoms with Crippen LogP contribution in [0, 0.1) is 0 Å². The number of aromatic nitrogens is 1. The van der Waals surface area contributed by atoms with Crippen molar-refractivity contribution in [1.82, 2.24) is 10.3 Å². The minimum atomic E-state index is -4.47. The van der Waals surface area contributed by atoms with Gasteiger partial charge in [-0.25, -0.2) is 4.98 Å². The number of carbonyl (C=O) groups is 1. The van der Waals surface area contributed by atoms with E-state index in [1.165, 1.54) is 18.3 Å². The summed E-state index contributed by atoms with van der Waals surface area (Å²) in [5, 5.41) is 2.70. The standard InChI is InChI=1S/C19H21F3N2O3/c1-12(2)26-13(3)17(25)24-11-14-6-5-9-23-18(14)27-16-8-4-7-15(10-16)19(20,21)22/h4-10,12-13H,11H2,1-3H3,(H,24,25). The van der Waals surface area contributed by atoms with Crippen LogP contribution in [0.2, 0.25) is 0 Å². The van der Waals surface area contributed by atoms with Crippen LogP contribution in [-0.4, -0.2) is 23.1 Å². The van der Waals surface area contributed by atoms with Crippen LogP contribution in [0.1, 0.15) is 31.9 Å². The second-order valence-corrected chi connectivity index (χ2v) is 6.14. The zero-order chi connectivity index (χ0) is 20.0. The predicted octanol–water partition coefficient (Wildman–Crippen LogP) is 4.32. The lowest BCUT2D eigenvalue weighted by Gasteiger charge is -2.16. The molecule has 1 atom stereocenters. The lowest BCUT2D eigenvalue weighted by atomic mass is 10.2. The normalized spacial score (nSPS) is 12.7. The Labute approximate surface area is 155 Å². The molecule has 8 heteroatoms. The molecular weight excluding hydrogens is 361 g/mol. The van der Waals surface area contributed by atoms with Crippen LogP contribution in [0.5, 0.6) is 11.6 Å². The van der Waals surface area contributed by atoms with E-state index >= 15 is 0 Å². The molecule has 146 valence electrons. The Morgan fingerprint density at radius 2 is 1.93 bits per heavy atom. The third-order valence-corrected chi connectivity index (χ3v) is 3.52. The number of ether oxygens (including phenoxy) is 2. The van der Waals surface area contributed by atoms with Crippen LogP contribution in [0.25, 0.3) is 0 Å². The lowest BCUT2D eigenvalue weighted by Crippen LogP contribution is -2.35. The number of hydrogen-bond acceptors (Lipinski definition) is 4. The highest BCUT2D eigenvalue weighted by atomic mass is 19.4. The van der Waals surface area contributed by atoms with Crippen molar-refractivity contribution in [2.45, 2.75) is 45.7 Å². The number of pyridine rings is 1. The van der Waals surface area contributed by atoms with Crippen LogP contribution in [0.3, 0.4) is 0 Å². The number of alkyl halides is 3. The van der Waals surface area contributed by atoms with Gasteiger partial charge in [0, 0.05) is 18.3 Å².